The number of aliphatic carboxylic acids is 1. The summed E-state index contributed by atoms with van der Waals surface area (Å²) in [5.41, 5.74) is 1.40. The van der Waals surface area contributed by atoms with Crippen molar-refractivity contribution in [2.45, 2.75) is 13.8 Å². The van der Waals surface area contributed by atoms with Crippen molar-refractivity contribution < 1.29 is 14.6 Å². The minimum absolute atomic E-state index is 0.339. The molecule has 0 amide bonds. The van der Waals surface area contributed by atoms with Crippen molar-refractivity contribution in [3.05, 3.63) is 11.1 Å². The summed E-state index contributed by atoms with van der Waals surface area (Å²) in [6.45, 7) is 4.85. The van der Waals surface area contributed by atoms with E-state index in [1.807, 2.05) is 6.92 Å². The lowest BCUT2D eigenvalue weighted by Gasteiger charge is -2.27. The van der Waals surface area contributed by atoms with Crippen molar-refractivity contribution in [2.75, 3.05) is 13.2 Å². The monoisotopic (exact) mass is 156 g/mol. The third-order valence-corrected chi connectivity index (χ3v) is 2.16. The topological polar surface area (TPSA) is 46.5 Å². The molecule has 1 N–H and O–H groups in total. The molecule has 1 aliphatic rings. The number of carboxylic acid groups (broad SMARTS) is 1. The van der Waals surface area contributed by atoms with Crippen LogP contribution in [-0.2, 0) is 9.53 Å². The van der Waals surface area contributed by atoms with E-state index in [0.29, 0.717) is 24.7 Å². The third kappa shape index (κ3) is 1.60. The Morgan fingerprint density at radius 3 is 2.27 bits per heavy atom. The number of ether oxygens (including phenoxy) is 1. The average molecular weight is 156 g/mol. The maximum Gasteiger partial charge on any atom is 0.331 e. The first kappa shape index (κ1) is 8.27. The Balaban J connectivity index is 2.68. The number of carbonyl (C=O) groups is 1. The molecular formula is C8H12O3. The Labute approximate surface area is 65.7 Å². The van der Waals surface area contributed by atoms with Crippen LogP contribution in [0.1, 0.15) is 13.8 Å². The summed E-state index contributed by atoms with van der Waals surface area (Å²) < 4.78 is 4.96. The first-order chi connectivity index (χ1) is 5.13. The Bertz CT molecular complexity index is 201. The number of carboxylic acids is 1. The zero-order valence-corrected chi connectivity index (χ0v) is 6.76. The van der Waals surface area contributed by atoms with Crippen molar-refractivity contribution in [1.82, 2.24) is 0 Å². The molecule has 1 heterocycles. The van der Waals surface area contributed by atoms with Crippen LogP contribution in [0.3, 0.4) is 0 Å². The fourth-order valence-corrected chi connectivity index (χ4v) is 0.961. The lowest BCUT2D eigenvalue weighted by atomic mass is 9.95. The molecule has 0 unspecified atom stereocenters. The average Bonchev–Trinajstić information content (AvgIpc) is 1.82. The standard InChI is InChI=1S/C8H12O3/c1-5(6(2)8(9)10)7-3-11-4-7/h7H,3-4H2,1-2H3,(H,9,10). The van der Waals surface area contributed by atoms with E-state index >= 15 is 0 Å². The van der Waals surface area contributed by atoms with Crippen LogP contribution in [0.2, 0.25) is 0 Å². The van der Waals surface area contributed by atoms with Crippen LogP contribution in [0.25, 0.3) is 0 Å². The Hall–Kier alpha value is -0.830. The van der Waals surface area contributed by atoms with Gasteiger partial charge in [-0.1, -0.05) is 5.57 Å². The fourth-order valence-electron chi connectivity index (χ4n) is 0.961. The van der Waals surface area contributed by atoms with Gasteiger partial charge in [0.1, 0.15) is 0 Å². The number of hydrogen-bond acceptors (Lipinski definition) is 2. The highest BCUT2D eigenvalue weighted by Gasteiger charge is 2.22. The molecule has 1 fully saturated rings. The third-order valence-electron chi connectivity index (χ3n) is 2.16. The molecule has 3 nitrogen and oxygen atoms in total. The second-order valence-electron chi connectivity index (χ2n) is 2.85. The van der Waals surface area contributed by atoms with Gasteiger partial charge in [-0.3, -0.25) is 0 Å². The van der Waals surface area contributed by atoms with Gasteiger partial charge in [-0.25, -0.2) is 4.79 Å². The maximum atomic E-state index is 10.5. The Morgan fingerprint density at radius 2 is 2.00 bits per heavy atom. The van der Waals surface area contributed by atoms with Gasteiger partial charge in [0.15, 0.2) is 0 Å². The molecular weight excluding hydrogens is 144 g/mol. The zero-order chi connectivity index (χ0) is 8.43. The SMILES string of the molecule is CC(C(=O)O)=C(C)C1COC1. The highest BCUT2D eigenvalue weighted by Crippen LogP contribution is 2.22. The van der Waals surface area contributed by atoms with E-state index < -0.39 is 5.97 Å². The van der Waals surface area contributed by atoms with Crippen LogP contribution in [0.4, 0.5) is 0 Å². The van der Waals surface area contributed by atoms with E-state index in [4.69, 9.17) is 9.84 Å². The normalized spacial score (nSPS) is 20.5. The molecule has 0 atom stereocenters. The summed E-state index contributed by atoms with van der Waals surface area (Å²) in [6.07, 6.45) is 0. The quantitative estimate of drug-likeness (QED) is 0.608. The van der Waals surface area contributed by atoms with Gasteiger partial charge in [-0.05, 0) is 13.8 Å². The predicted octanol–water partition coefficient (Wildman–Crippen LogP) is 1.05. The summed E-state index contributed by atoms with van der Waals surface area (Å²) >= 11 is 0. The maximum absolute atomic E-state index is 10.5. The van der Waals surface area contributed by atoms with Crippen LogP contribution < -0.4 is 0 Å². The van der Waals surface area contributed by atoms with Crippen LogP contribution in [-0.4, -0.2) is 24.3 Å². The largest absolute Gasteiger partial charge is 0.478 e. The molecule has 0 bridgehead atoms. The molecule has 0 aromatic heterocycles. The Kier molecular flexibility index (Phi) is 2.29. The highest BCUT2D eigenvalue weighted by molar-refractivity contribution is 5.86. The minimum atomic E-state index is -0.825. The van der Waals surface area contributed by atoms with Crippen LogP contribution >= 0.6 is 0 Å². The van der Waals surface area contributed by atoms with Gasteiger partial charge >= 0.3 is 5.97 Å². The first-order valence-electron chi connectivity index (χ1n) is 3.61. The van der Waals surface area contributed by atoms with E-state index in [2.05, 4.69) is 0 Å². The summed E-state index contributed by atoms with van der Waals surface area (Å²) in [5.74, 6) is -0.486. The van der Waals surface area contributed by atoms with E-state index in [0.717, 1.165) is 5.57 Å². The second-order valence-corrected chi connectivity index (χ2v) is 2.85. The lowest BCUT2D eigenvalue weighted by Crippen LogP contribution is -2.29. The summed E-state index contributed by atoms with van der Waals surface area (Å²) in [5, 5.41) is 8.62. The molecule has 62 valence electrons. The van der Waals surface area contributed by atoms with Gasteiger partial charge in [0, 0.05) is 11.5 Å². The summed E-state index contributed by atoms with van der Waals surface area (Å²) in [7, 11) is 0. The second kappa shape index (κ2) is 3.05. The minimum Gasteiger partial charge on any atom is -0.478 e. The van der Waals surface area contributed by atoms with Crippen molar-refractivity contribution in [3.8, 4) is 0 Å². The van der Waals surface area contributed by atoms with Crippen LogP contribution in [0, 0.1) is 5.92 Å². The van der Waals surface area contributed by atoms with Crippen molar-refractivity contribution in [1.29, 1.82) is 0 Å². The highest BCUT2D eigenvalue weighted by atomic mass is 16.5. The van der Waals surface area contributed by atoms with E-state index in [9.17, 15) is 4.79 Å². The smallest absolute Gasteiger partial charge is 0.331 e. The molecule has 0 saturated carbocycles. The van der Waals surface area contributed by atoms with Gasteiger partial charge in [0.2, 0.25) is 0 Å². The molecule has 1 aliphatic heterocycles. The first-order valence-corrected chi connectivity index (χ1v) is 3.61. The fraction of sp³-hybridized carbons (Fsp3) is 0.625. The summed E-state index contributed by atoms with van der Waals surface area (Å²) in [4.78, 5) is 10.5. The molecule has 0 aromatic carbocycles. The Morgan fingerprint density at radius 1 is 1.45 bits per heavy atom. The van der Waals surface area contributed by atoms with Crippen molar-refractivity contribution in [2.24, 2.45) is 5.92 Å². The van der Waals surface area contributed by atoms with Crippen LogP contribution in [0.5, 0.6) is 0 Å². The number of hydrogen-bond donors (Lipinski definition) is 1. The van der Waals surface area contributed by atoms with Crippen molar-refractivity contribution >= 4 is 5.97 Å². The van der Waals surface area contributed by atoms with Gasteiger partial charge in [0.05, 0.1) is 13.2 Å². The zero-order valence-electron chi connectivity index (χ0n) is 6.76. The molecule has 1 saturated heterocycles. The molecule has 0 radical (unpaired) electrons. The van der Waals surface area contributed by atoms with E-state index in [1.165, 1.54) is 0 Å². The molecule has 3 heteroatoms. The molecule has 1 rings (SSSR count). The van der Waals surface area contributed by atoms with E-state index in [1.54, 1.807) is 6.92 Å². The molecule has 0 spiro atoms. The number of rotatable bonds is 2. The van der Waals surface area contributed by atoms with Crippen LogP contribution in [0.15, 0.2) is 11.1 Å². The van der Waals surface area contributed by atoms with Gasteiger partial charge in [0.25, 0.3) is 0 Å². The predicted molar refractivity (Wildman–Crippen MR) is 40.3 cm³/mol. The molecule has 0 aromatic rings. The lowest BCUT2D eigenvalue weighted by molar-refractivity contribution is -0.132. The molecule has 0 aliphatic carbocycles. The summed E-state index contributed by atoms with van der Waals surface area (Å²) in [6, 6.07) is 0. The van der Waals surface area contributed by atoms with Gasteiger partial charge in [-0.15, -0.1) is 0 Å². The molecule has 11 heavy (non-hydrogen) atoms. The van der Waals surface area contributed by atoms with Crippen molar-refractivity contribution in [3.63, 3.8) is 0 Å². The van der Waals surface area contributed by atoms with Gasteiger partial charge in [-0.2, -0.15) is 0 Å². The van der Waals surface area contributed by atoms with Gasteiger partial charge < -0.3 is 9.84 Å². The van der Waals surface area contributed by atoms with E-state index in [-0.39, 0.29) is 0 Å².